The first-order chi connectivity index (χ1) is 9.99. The van der Waals surface area contributed by atoms with Gasteiger partial charge in [-0.15, -0.1) is 0 Å². The van der Waals surface area contributed by atoms with Crippen LogP contribution in [0.15, 0.2) is 24.3 Å². The Hall–Kier alpha value is -1.55. The van der Waals surface area contributed by atoms with Gasteiger partial charge in [0.2, 0.25) is 0 Å². The molecule has 0 fully saturated rings. The molecule has 1 rings (SSSR count). The molecule has 118 valence electrons. The topological polar surface area (TPSA) is 61.5 Å². The lowest BCUT2D eigenvalue weighted by molar-refractivity contribution is -0.146. The first kappa shape index (κ1) is 17.5. The van der Waals surface area contributed by atoms with Gasteiger partial charge in [0, 0.05) is 0 Å². The predicted octanol–water partition coefficient (Wildman–Crippen LogP) is 3.08. The molecular formula is C17H27NO3. The zero-order valence-corrected chi connectivity index (χ0v) is 13.4. The number of ether oxygens (including phenoxy) is 2. The van der Waals surface area contributed by atoms with Crippen molar-refractivity contribution in [3.63, 3.8) is 0 Å². The van der Waals surface area contributed by atoms with E-state index in [1.54, 1.807) is 6.92 Å². The van der Waals surface area contributed by atoms with Crippen molar-refractivity contribution in [3.8, 4) is 5.75 Å². The Bertz CT molecular complexity index is 426. The van der Waals surface area contributed by atoms with Crippen molar-refractivity contribution < 1.29 is 14.3 Å². The van der Waals surface area contributed by atoms with Crippen LogP contribution in [0.25, 0.3) is 0 Å². The van der Waals surface area contributed by atoms with Gasteiger partial charge in [0.25, 0.3) is 0 Å². The van der Waals surface area contributed by atoms with Gasteiger partial charge in [-0.25, -0.2) is 0 Å². The van der Waals surface area contributed by atoms with E-state index in [9.17, 15) is 4.79 Å². The maximum absolute atomic E-state index is 11.4. The van der Waals surface area contributed by atoms with Crippen molar-refractivity contribution in [2.75, 3.05) is 13.7 Å². The molecule has 2 N–H and O–H groups in total. The molecule has 4 nitrogen and oxygen atoms in total. The lowest BCUT2D eigenvalue weighted by Crippen LogP contribution is -2.45. The zero-order chi connectivity index (χ0) is 15.7. The summed E-state index contributed by atoms with van der Waals surface area (Å²) in [7, 11) is 1.36. The van der Waals surface area contributed by atoms with Crippen molar-refractivity contribution in [1.29, 1.82) is 0 Å². The Balaban J connectivity index is 2.23. The molecule has 0 radical (unpaired) electrons. The van der Waals surface area contributed by atoms with Gasteiger partial charge in [-0.05, 0) is 50.3 Å². The van der Waals surface area contributed by atoms with Gasteiger partial charge < -0.3 is 15.2 Å². The summed E-state index contributed by atoms with van der Waals surface area (Å²) < 4.78 is 10.4. The minimum Gasteiger partial charge on any atom is -0.494 e. The summed E-state index contributed by atoms with van der Waals surface area (Å²) in [6.45, 7) is 4.50. The fourth-order valence-corrected chi connectivity index (χ4v) is 2.16. The highest BCUT2D eigenvalue weighted by molar-refractivity contribution is 5.79. The van der Waals surface area contributed by atoms with Crippen LogP contribution >= 0.6 is 0 Å². The molecule has 1 aromatic carbocycles. The maximum Gasteiger partial charge on any atom is 0.325 e. The molecular weight excluding hydrogens is 266 g/mol. The molecule has 0 aliphatic heterocycles. The molecule has 1 atom stereocenters. The van der Waals surface area contributed by atoms with Gasteiger partial charge in [-0.3, -0.25) is 4.79 Å². The average molecular weight is 293 g/mol. The van der Waals surface area contributed by atoms with Gasteiger partial charge in [-0.1, -0.05) is 25.5 Å². The standard InChI is InChI=1S/C17H27NO3/c1-4-7-14-8-10-15(11-9-14)21-13-6-5-12-17(2,18)16(19)20-3/h8-11H,4-7,12-13,18H2,1-3H3. The molecule has 0 aromatic heterocycles. The quantitative estimate of drug-likeness (QED) is 0.561. The average Bonchev–Trinajstić information content (AvgIpc) is 2.48. The smallest absolute Gasteiger partial charge is 0.325 e. The summed E-state index contributed by atoms with van der Waals surface area (Å²) in [6, 6.07) is 8.22. The van der Waals surface area contributed by atoms with E-state index < -0.39 is 5.54 Å². The minimum atomic E-state index is -0.906. The molecule has 1 aromatic rings. The highest BCUT2D eigenvalue weighted by Gasteiger charge is 2.28. The molecule has 1 unspecified atom stereocenters. The largest absolute Gasteiger partial charge is 0.494 e. The summed E-state index contributed by atoms with van der Waals surface area (Å²) >= 11 is 0. The van der Waals surface area contributed by atoms with Gasteiger partial charge in [0.1, 0.15) is 11.3 Å². The molecule has 0 aliphatic carbocycles. The molecule has 0 aliphatic rings. The third-order valence-electron chi connectivity index (χ3n) is 3.47. The highest BCUT2D eigenvalue weighted by atomic mass is 16.5. The van der Waals surface area contributed by atoms with E-state index in [4.69, 9.17) is 10.5 Å². The van der Waals surface area contributed by atoms with Crippen molar-refractivity contribution in [2.45, 2.75) is 51.5 Å². The van der Waals surface area contributed by atoms with Gasteiger partial charge in [-0.2, -0.15) is 0 Å². The first-order valence-corrected chi connectivity index (χ1v) is 7.58. The van der Waals surface area contributed by atoms with Crippen LogP contribution in [0.2, 0.25) is 0 Å². The van der Waals surface area contributed by atoms with E-state index >= 15 is 0 Å². The van der Waals surface area contributed by atoms with Gasteiger partial charge in [0.05, 0.1) is 13.7 Å². The summed E-state index contributed by atoms with van der Waals surface area (Å²) in [6.07, 6.45) is 4.54. The third kappa shape index (κ3) is 6.17. The molecule has 21 heavy (non-hydrogen) atoms. The number of carbonyl (C=O) groups is 1. The Morgan fingerprint density at radius 3 is 2.48 bits per heavy atom. The van der Waals surface area contributed by atoms with Gasteiger partial charge in [0.15, 0.2) is 0 Å². The van der Waals surface area contributed by atoms with Crippen LogP contribution in [0.4, 0.5) is 0 Å². The Kier molecular flexibility index (Phi) is 7.23. The van der Waals surface area contributed by atoms with Crippen molar-refractivity contribution >= 4 is 5.97 Å². The van der Waals surface area contributed by atoms with Crippen LogP contribution in [0.3, 0.4) is 0 Å². The summed E-state index contributed by atoms with van der Waals surface area (Å²) in [5, 5.41) is 0. The van der Waals surface area contributed by atoms with Crippen molar-refractivity contribution in [3.05, 3.63) is 29.8 Å². The molecule has 0 amide bonds. The number of benzene rings is 1. The Morgan fingerprint density at radius 2 is 1.90 bits per heavy atom. The number of hydrogen-bond donors (Lipinski definition) is 1. The highest BCUT2D eigenvalue weighted by Crippen LogP contribution is 2.15. The monoisotopic (exact) mass is 293 g/mol. The fourth-order valence-electron chi connectivity index (χ4n) is 2.16. The minimum absolute atomic E-state index is 0.366. The Labute approximate surface area is 127 Å². The van der Waals surface area contributed by atoms with E-state index in [2.05, 4.69) is 23.8 Å². The Morgan fingerprint density at radius 1 is 1.24 bits per heavy atom. The second-order valence-corrected chi connectivity index (χ2v) is 5.61. The lowest BCUT2D eigenvalue weighted by Gasteiger charge is -2.21. The van der Waals surface area contributed by atoms with E-state index in [0.29, 0.717) is 13.0 Å². The number of carbonyl (C=O) groups excluding carboxylic acids is 1. The zero-order valence-electron chi connectivity index (χ0n) is 13.4. The van der Waals surface area contributed by atoms with E-state index in [1.807, 2.05) is 12.1 Å². The van der Waals surface area contributed by atoms with Crippen LogP contribution in [-0.4, -0.2) is 25.2 Å². The SMILES string of the molecule is CCCc1ccc(OCCCCC(C)(N)C(=O)OC)cc1. The van der Waals surface area contributed by atoms with Crippen LogP contribution < -0.4 is 10.5 Å². The molecule has 0 spiro atoms. The van der Waals surface area contributed by atoms with Crippen LogP contribution in [0, 0.1) is 0 Å². The molecule has 4 heteroatoms. The summed E-state index contributed by atoms with van der Waals surface area (Å²) in [4.78, 5) is 11.4. The van der Waals surface area contributed by atoms with Crippen LogP contribution in [0.5, 0.6) is 5.75 Å². The van der Waals surface area contributed by atoms with Gasteiger partial charge >= 0.3 is 5.97 Å². The predicted molar refractivity (Wildman–Crippen MR) is 84.4 cm³/mol. The van der Waals surface area contributed by atoms with Crippen LogP contribution in [0.1, 0.15) is 45.1 Å². The van der Waals surface area contributed by atoms with E-state index in [-0.39, 0.29) is 5.97 Å². The number of rotatable bonds is 9. The van der Waals surface area contributed by atoms with Crippen LogP contribution in [-0.2, 0) is 16.0 Å². The molecule has 0 bridgehead atoms. The van der Waals surface area contributed by atoms with Crippen molar-refractivity contribution in [1.82, 2.24) is 0 Å². The number of aryl methyl sites for hydroxylation is 1. The number of hydrogen-bond acceptors (Lipinski definition) is 4. The maximum atomic E-state index is 11.4. The fraction of sp³-hybridized carbons (Fsp3) is 0.588. The second-order valence-electron chi connectivity index (χ2n) is 5.61. The summed E-state index contributed by atoms with van der Waals surface area (Å²) in [5.74, 6) is 0.522. The summed E-state index contributed by atoms with van der Waals surface area (Å²) in [5.41, 5.74) is 6.32. The van der Waals surface area contributed by atoms with E-state index in [1.165, 1.54) is 12.7 Å². The van der Waals surface area contributed by atoms with Crippen molar-refractivity contribution in [2.24, 2.45) is 5.73 Å². The number of nitrogens with two attached hydrogens (primary N) is 1. The second kappa shape index (κ2) is 8.67. The molecule has 0 heterocycles. The number of methoxy groups -OCH3 is 1. The number of esters is 1. The first-order valence-electron chi connectivity index (χ1n) is 7.58. The lowest BCUT2D eigenvalue weighted by atomic mass is 9.96. The molecule has 0 saturated heterocycles. The third-order valence-corrected chi connectivity index (χ3v) is 3.47. The normalized spacial score (nSPS) is 13.5. The number of unbranched alkanes of at least 4 members (excludes halogenated alkanes) is 1. The molecule has 0 saturated carbocycles. The van der Waals surface area contributed by atoms with E-state index in [0.717, 1.165) is 31.4 Å².